The molecule has 0 amide bonds. The normalized spacial score (nSPS) is 13.5. The van der Waals surface area contributed by atoms with Gasteiger partial charge in [-0.3, -0.25) is 4.98 Å². The van der Waals surface area contributed by atoms with Crippen LogP contribution in [0.4, 0.5) is 5.69 Å². The molecule has 188 valence electrons. The van der Waals surface area contributed by atoms with E-state index in [1.807, 2.05) is 31.3 Å². The van der Waals surface area contributed by atoms with Crippen LogP contribution in [0.2, 0.25) is 0 Å². The molecule has 0 aliphatic carbocycles. The molecule has 2 unspecified atom stereocenters. The number of anilines is 1. The van der Waals surface area contributed by atoms with Gasteiger partial charge in [-0.2, -0.15) is 0 Å². The number of aryl methyl sites for hydroxylation is 1. The molecule has 0 aliphatic heterocycles. The predicted molar refractivity (Wildman–Crippen MR) is 137 cm³/mol. The predicted octanol–water partition coefficient (Wildman–Crippen LogP) is 3.16. The number of pyridine rings is 1. The largest absolute Gasteiger partial charge is 0.394 e. The van der Waals surface area contributed by atoms with E-state index in [0.717, 1.165) is 28.9 Å². The van der Waals surface area contributed by atoms with Gasteiger partial charge >= 0.3 is 0 Å². The summed E-state index contributed by atoms with van der Waals surface area (Å²) in [5.41, 5.74) is 4.16. The van der Waals surface area contributed by atoms with Crippen LogP contribution < -0.4 is 4.90 Å². The first-order valence-corrected chi connectivity index (χ1v) is 12.0. The SMILES string of the molecule is Cc1ccc(C=Cc2ccc(N(CCOCC(O)CO)CCOCC(O)CC(C)C)cc2)cn1. The van der Waals surface area contributed by atoms with Gasteiger partial charge in [0.1, 0.15) is 6.10 Å². The number of nitrogens with zero attached hydrogens (tertiary/aromatic N) is 2. The third kappa shape index (κ3) is 11.2. The number of aliphatic hydroxyl groups excluding tert-OH is 3. The topological polar surface area (TPSA) is 95.3 Å². The van der Waals surface area contributed by atoms with E-state index in [1.165, 1.54) is 0 Å². The number of hydrogen-bond acceptors (Lipinski definition) is 7. The van der Waals surface area contributed by atoms with Crippen LogP contribution in [0.15, 0.2) is 42.6 Å². The van der Waals surface area contributed by atoms with E-state index in [4.69, 9.17) is 14.6 Å². The number of aliphatic hydroxyl groups is 3. The maximum absolute atomic E-state index is 10.0. The van der Waals surface area contributed by atoms with Crippen LogP contribution >= 0.6 is 0 Å². The van der Waals surface area contributed by atoms with Crippen molar-refractivity contribution in [2.75, 3.05) is 51.0 Å². The molecule has 2 atom stereocenters. The van der Waals surface area contributed by atoms with Crippen molar-refractivity contribution >= 4 is 17.8 Å². The van der Waals surface area contributed by atoms with E-state index >= 15 is 0 Å². The van der Waals surface area contributed by atoms with Gasteiger partial charge in [0.25, 0.3) is 0 Å². The highest BCUT2D eigenvalue weighted by Crippen LogP contribution is 2.17. The molecule has 7 nitrogen and oxygen atoms in total. The second kappa shape index (κ2) is 15.6. The first-order valence-electron chi connectivity index (χ1n) is 12.0. The Bertz CT molecular complexity index is 824. The number of hydrogen-bond donors (Lipinski definition) is 3. The van der Waals surface area contributed by atoms with Crippen LogP contribution in [0.3, 0.4) is 0 Å². The smallest absolute Gasteiger partial charge is 0.100 e. The molecule has 0 bridgehead atoms. The lowest BCUT2D eigenvalue weighted by Crippen LogP contribution is -2.32. The number of ether oxygens (including phenoxy) is 2. The van der Waals surface area contributed by atoms with Crippen LogP contribution in [0.1, 0.15) is 37.1 Å². The van der Waals surface area contributed by atoms with Crippen LogP contribution in [0, 0.1) is 12.8 Å². The van der Waals surface area contributed by atoms with E-state index in [-0.39, 0.29) is 13.2 Å². The molecule has 0 radical (unpaired) electrons. The molecule has 0 fully saturated rings. The summed E-state index contributed by atoms with van der Waals surface area (Å²) in [5.74, 6) is 0.427. The third-order valence-electron chi connectivity index (χ3n) is 5.25. The van der Waals surface area contributed by atoms with Crippen LogP contribution in [-0.2, 0) is 9.47 Å². The summed E-state index contributed by atoms with van der Waals surface area (Å²) < 4.78 is 11.2. The first kappa shape index (κ1) is 28.0. The molecule has 34 heavy (non-hydrogen) atoms. The standard InChI is InChI=1S/C27H40N2O5/c1-21(2)16-26(31)19-33-14-12-29(13-15-34-20-27(32)18-30)25-10-8-23(9-11-25)6-7-24-5-4-22(3)28-17-24/h4-11,17,21,26-27,30-32H,12-16,18-20H2,1-3H3. The van der Waals surface area contributed by atoms with Crippen LogP contribution in [-0.4, -0.2) is 78.6 Å². The lowest BCUT2D eigenvalue weighted by Gasteiger charge is -2.25. The van der Waals surface area contributed by atoms with E-state index in [2.05, 4.69) is 54.1 Å². The second-order valence-corrected chi connectivity index (χ2v) is 8.91. The molecule has 1 aromatic heterocycles. The van der Waals surface area contributed by atoms with Crippen molar-refractivity contribution < 1.29 is 24.8 Å². The maximum Gasteiger partial charge on any atom is 0.100 e. The van der Waals surface area contributed by atoms with E-state index in [9.17, 15) is 10.2 Å². The highest BCUT2D eigenvalue weighted by molar-refractivity contribution is 5.70. The molecule has 0 saturated heterocycles. The fourth-order valence-electron chi connectivity index (χ4n) is 3.39. The summed E-state index contributed by atoms with van der Waals surface area (Å²) in [6.07, 6.45) is 5.35. The average Bonchev–Trinajstić information content (AvgIpc) is 2.82. The maximum atomic E-state index is 10.0. The highest BCUT2D eigenvalue weighted by atomic mass is 16.5. The van der Waals surface area contributed by atoms with Gasteiger partial charge in [-0.1, -0.05) is 44.2 Å². The third-order valence-corrected chi connectivity index (χ3v) is 5.25. The zero-order valence-electron chi connectivity index (χ0n) is 20.6. The van der Waals surface area contributed by atoms with Crippen molar-refractivity contribution in [2.24, 2.45) is 5.92 Å². The Labute approximate surface area is 203 Å². The molecule has 0 aliphatic rings. The van der Waals surface area contributed by atoms with Gasteiger partial charge < -0.3 is 29.7 Å². The van der Waals surface area contributed by atoms with Gasteiger partial charge in [0, 0.05) is 30.7 Å². The number of rotatable bonds is 16. The fraction of sp³-hybridized carbons (Fsp3) is 0.519. The van der Waals surface area contributed by atoms with Crippen molar-refractivity contribution in [3.63, 3.8) is 0 Å². The molecule has 0 saturated carbocycles. The molecule has 3 N–H and O–H groups in total. The number of aromatic nitrogens is 1. The summed E-state index contributed by atoms with van der Waals surface area (Å²) in [7, 11) is 0. The van der Waals surface area contributed by atoms with Crippen molar-refractivity contribution in [1.29, 1.82) is 0 Å². The Balaban J connectivity index is 1.93. The zero-order chi connectivity index (χ0) is 24.8. The summed E-state index contributed by atoms with van der Waals surface area (Å²) in [6.45, 7) is 8.38. The van der Waals surface area contributed by atoms with Crippen molar-refractivity contribution in [2.45, 2.75) is 39.4 Å². The molecule has 7 heteroatoms. The Morgan fingerprint density at radius 3 is 2.03 bits per heavy atom. The minimum Gasteiger partial charge on any atom is -0.394 e. The van der Waals surface area contributed by atoms with Crippen molar-refractivity contribution in [3.05, 3.63) is 59.4 Å². The van der Waals surface area contributed by atoms with Gasteiger partial charge in [-0.25, -0.2) is 0 Å². The molecule has 1 heterocycles. The molecule has 2 aromatic rings. The lowest BCUT2D eigenvalue weighted by molar-refractivity contribution is 0.00762. The Morgan fingerprint density at radius 2 is 1.47 bits per heavy atom. The Kier molecular flexibility index (Phi) is 12.8. The van der Waals surface area contributed by atoms with E-state index in [0.29, 0.717) is 38.8 Å². The van der Waals surface area contributed by atoms with Gasteiger partial charge in [-0.05, 0) is 48.6 Å². The molecule has 0 spiro atoms. The van der Waals surface area contributed by atoms with Gasteiger partial charge in [0.05, 0.1) is 39.1 Å². The summed E-state index contributed by atoms with van der Waals surface area (Å²) >= 11 is 0. The summed E-state index contributed by atoms with van der Waals surface area (Å²) in [6, 6.07) is 12.3. The van der Waals surface area contributed by atoms with E-state index in [1.54, 1.807) is 0 Å². The Morgan fingerprint density at radius 1 is 0.882 bits per heavy atom. The minimum atomic E-state index is -0.867. The quantitative estimate of drug-likeness (QED) is 0.323. The second-order valence-electron chi connectivity index (χ2n) is 8.91. The monoisotopic (exact) mass is 472 g/mol. The van der Waals surface area contributed by atoms with E-state index < -0.39 is 12.2 Å². The highest BCUT2D eigenvalue weighted by Gasteiger charge is 2.10. The average molecular weight is 473 g/mol. The fourth-order valence-corrected chi connectivity index (χ4v) is 3.39. The molecule has 1 aromatic carbocycles. The zero-order valence-corrected chi connectivity index (χ0v) is 20.6. The Hall–Kier alpha value is -2.29. The van der Waals surface area contributed by atoms with Crippen molar-refractivity contribution in [3.8, 4) is 0 Å². The van der Waals surface area contributed by atoms with Crippen LogP contribution in [0.5, 0.6) is 0 Å². The van der Waals surface area contributed by atoms with Gasteiger partial charge in [0.2, 0.25) is 0 Å². The van der Waals surface area contributed by atoms with Gasteiger partial charge in [-0.15, -0.1) is 0 Å². The lowest BCUT2D eigenvalue weighted by atomic mass is 10.1. The molecule has 2 rings (SSSR count). The number of benzene rings is 1. The summed E-state index contributed by atoms with van der Waals surface area (Å²) in [4.78, 5) is 6.46. The first-order chi connectivity index (χ1) is 16.4. The van der Waals surface area contributed by atoms with Crippen molar-refractivity contribution in [1.82, 2.24) is 4.98 Å². The molecular weight excluding hydrogens is 432 g/mol. The summed E-state index contributed by atoms with van der Waals surface area (Å²) in [5, 5.41) is 28.4. The minimum absolute atomic E-state index is 0.0971. The van der Waals surface area contributed by atoms with Crippen LogP contribution in [0.25, 0.3) is 12.2 Å². The van der Waals surface area contributed by atoms with Gasteiger partial charge in [0.15, 0.2) is 0 Å². The molecular formula is C27H40N2O5.